The molecule has 0 bridgehead atoms. The summed E-state index contributed by atoms with van der Waals surface area (Å²) < 4.78 is 4.94. The number of carbonyl (C=O) groups is 3. The first kappa shape index (κ1) is 20.0. The molecule has 1 atom stereocenters. The number of amides is 2. The second-order valence-corrected chi connectivity index (χ2v) is 6.86. The van der Waals surface area contributed by atoms with Crippen molar-refractivity contribution in [3.8, 4) is 0 Å². The van der Waals surface area contributed by atoms with Gasteiger partial charge in [-0.15, -0.1) is 0 Å². The van der Waals surface area contributed by atoms with Crippen LogP contribution in [0.1, 0.15) is 29.3 Å². The molecular weight excluding hydrogens is 380 g/mol. The lowest BCUT2D eigenvalue weighted by molar-refractivity contribution is -0.121. The van der Waals surface area contributed by atoms with E-state index in [0.717, 1.165) is 16.9 Å². The minimum atomic E-state index is -0.551. The molecule has 1 heterocycles. The molecule has 7 heteroatoms. The summed E-state index contributed by atoms with van der Waals surface area (Å²) in [7, 11) is 0. The van der Waals surface area contributed by atoms with Crippen LogP contribution in [0.2, 0.25) is 5.02 Å². The van der Waals surface area contributed by atoms with Crippen LogP contribution in [0, 0.1) is 0 Å². The SMILES string of the molecule is CCOC(=O)c1ccc(N2C(=O)C[C@@H](NCCc3ccc(Cl)cc3)C2=O)cc1. The van der Waals surface area contributed by atoms with Gasteiger partial charge in [0.15, 0.2) is 0 Å². The summed E-state index contributed by atoms with van der Waals surface area (Å²) >= 11 is 5.87. The van der Waals surface area contributed by atoms with Gasteiger partial charge >= 0.3 is 5.97 Å². The first-order valence-electron chi connectivity index (χ1n) is 9.11. The van der Waals surface area contributed by atoms with Gasteiger partial charge in [-0.05, 0) is 61.9 Å². The van der Waals surface area contributed by atoms with E-state index in [1.165, 1.54) is 0 Å². The molecule has 0 saturated carbocycles. The van der Waals surface area contributed by atoms with Gasteiger partial charge in [0.1, 0.15) is 0 Å². The molecule has 2 aromatic carbocycles. The molecule has 1 aliphatic heterocycles. The molecule has 0 radical (unpaired) electrons. The van der Waals surface area contributed by atoms with Gasteiger partial charge in [0.25, 0.3) is 5.91 Å². The van der Waals surface area contributed by atoms with Gasteiger partial charge in [0.2, 0.25) is 5.91 Å². The average molecular weight is 401 g/mol. The monoisotopic (exact) mass is 400 g/mol. The topological polar surface area (TPSA) is 75.7 Å². The molecule has 0 aromatic heterocycles. The van der Waals surface area contributed by atoms with E-state index in [2.05, 4.69) is 5.32 Å². The van der Waals surface area contributed by atoms with E-state index >= 15 is 0 Å². The lowest BCUT2D eigenvalue weighted by Crippen LogP contribution is -2.39. The van der Waals surface area contributed by atoms with E-state index in [0.29, 0.717) is 22.8 Å². The fourth-order valence-electron chi connectivity index (χ4n) is 3.07. The molecule has 6 nitrogen and oxygen atoms in total. The van der Waals surface area contributed by atoms with Crippen molar-refractivity contribution < 1.29 is 19.1 Å². The first-order chi connectivity index (χ1) is 13.5. The third-order valence-corrected chi connectivity index (χ3v) is 4.75. The van der Waals surface area contributed by atoms with Crippen LogP contribution >= 0.6 is 11.6 Å². The summed E-state index contributed by atoms with van der Waals surface area (Å²) in [5.74, 6) is -0.988. The van der Waals surface area contributed by atoms with Gasteiger partial charge in [-0.25, -0.2) is 9.69 Å². The molecule has 0 spiro atoms. The highest BCUT2D eigenvalue weighted by molar-refractivity contribution is 6.30. The number of benzene rings is 2. The Balaban J connectivity index is 1.59. The molecule has 3 rings (SSSR count). The Bertz CT molecular complexity index is 865. The predicted octanol–water partition coefficient (Wildman–Crippen LogP) is 2.98. The van der Waals surface area contributed by atoms with Gasteiger partial charge in [-0.1, -0.05) is 23.7 Å². The first-order valence-corrected chi connectivity index (χ1v) is 9.49. The number of imide groups is 1. The van der Waals surface area contributed by atoms with Gasteiger partial charge in [-0.2, -0.15) is 0 Å². The summed E-state index contributed by atoms with van der Waals surface area (Å²) in [5.41, 5.74) is 1.92. The Kier molecular flexibility index (Phi) is 6.44. The number of rotatable bonds is 7. The second-order valence-electron chi connectivity index (χ2n) is 6.42. The second kappa shape index (κ2) is 8.99. The van der Waals surface area contributed by atoms with Gasteiger partial charge < -0.3 is 10.1 Å². The fourth-order valence-corrected chi connectivity index (χ4v) is 3.19. The Morgan fingerprint density at radius 3 is 2.46 bits per heavy atom. The van der Waals surface area contributed by atoms with Crippen molar-refractivity contribution in [2.45, 2.75) is 25.8 Å². The highest BCUT2D eigenvalue weighted by atomic mass is 35.5. The Labute approximate surface area is 168 Å². The molecule has 28 heavy (non-hydrogen) atoms. The molecule has 1 fully saturated rings. The summed E-state index contributed by atoms with van der Waals surface area (Å²) in [5, 5.41) is 3.83. The van der Waals surface area contributed by atoms with E-state index in [1.807, 2.05) is 24.3 Å². The van der Waals surface area contributed by atoms with E-state index in [9.17, 15) is 14.4 Å². The molecule has 2 amide bonds. The summed E-state index contributed by atoms with van der Waals surface area (Å²) in [6, 6.07) is 13.2. The number of anilines is 1. The van der Waals surface area contributed by atoms with Crippen molar-refractivity contribution in [3.05, 3.63) is 64.7 Å². The maximum Gasteiger partial charge on any atom is 0.338 e. The third-order valence-electron chi connectivity index (χ3n) is 4.50. The van der Waals surface area contributed by atoms with Crippen LogP contribution in [0.4, 0.5) is 5.69 Å². The standard InChI is InChI=1S/C21H21ClN2O4/c1-2-28-21(27)15-5-9-17(10-6-15)24-19(25)13-18(20(24)26)23-12-11-14-3-7-16(22)8-4-14/h3-10,18,23H,2,11-13H2,1H3/t18-/m1/s1. The van der Waals surface area contributed by atoms with Crippen LogP contribution in [0.25, 0.3) is 0 Å². The fraction of sp³-hybridized carbons (Fsp3) is 0.286. The molecule has 2 aromatic rings. The quantitative estimate of drug-likeness (QED) is 0.571. The van der Waals surface area contributed by atoms with E-state index < -0.39 is 12.0 Å². The molecule has 0 aliphatic carbocycles. The maximum absolute atomic E-state index is 12.7. The normalized spacial score (nSPS) is 16.5. The average Bonchev–Trinajstić information content (AvgIpc) is 2.97. The zero-order valence-electron chi connectivity index (χ0n) is 15.5. The largest absolute Gasteiger partial charge is 0.462 e. The molecular formula is C21H21ClN2O4. The van der Waals surface area contributed by atoms with Gasteiger partial charge in [0.05, 0.1) is 30.3 Å². The lowest BCUT2D eigenvalue weighted by atomic mass is 10.1. The molecule has 1 aliphatic rings. The van der Waals surface area contributed by atoms with Crippen LogP contribution in [-0.4, -0.2) is 37.0 Å². The molecule has 1 N–H and O–H groups in total. The molecule has 0 unspecified atom stereocenters. The number of nitrogens with one attached hydrogen (secondary N) is 1. The van der Waals surface area contributed by atoms with Gasteiger partial charge in [-0.3, -0.25) is 9.59 Å². The van der Waals surface area contributed by atoms with Crippen molar-refractivity contribution in [1.82, 2.24) is 5.32 Å². The molecule has 146 valence electrons. The smallest absolute Gasteiger partial charge is 0.338 e. The summed E-state index contributed by atoms with van der Waals surface area (Å²) in [6.45, 7) is 2.59. The van der Waals surface area contributed by atoms with Crippen molar-refractivity contribution in [2.24, 2.45) is 0 Å². The minimum Gasteiger partial charge on any atom is -0.462 e. The van der Waals surface area contributed by atoms with Crippen LogP contribution in [-0.2, 0) is 20.7 Å². The zero-order valence-corrected chi connectivity index (χ0v) is 16.2. The van der Waals surface area contributed by atoms with Crippen LogP contribution < -0.4 is 10.2 Å². The highest BCUT2D eigenvalue weighted by Crippen LogP contribution is 2.23. The summed E-state index contributed by atoms with van der Waals surface area (Å²) in [6.07, 6.45) is 0.836. The van der Waals surface area contributed by atoms with Gasteiger partial charge in [0, 0.05) is 5.02 Å². The maximum atomic E-state index is 12.7. The van der Waals surface area contributed by atoms with Crippen molar-refractivity contribution in [2.75, 3.05) is 18.1 Å². The van der Waals surface area contributed by atoms with E-state index in [-0.39, 0.29) is 24.8 Å². The lowest BCUT2D eigenvalue weighted by Gasteiger charge is -2.16. The van der Waals surface area contributed by atoms with Crippen LogP contribution in [0.5, 0.6) is 0 Å². The number of hydrogen-bond donors (Lipinski definition) is 1. The Hall–Kier alpha value is -2.70. The zero-order chi connectivity index (χ0) is 20.1. The van der Waals surface area contributed by atoms with Crippen molar-refractivity contribution in [3.63, 3.8) is 0 Å². The number of nitrogens with zero attached hydrogens (tertiary/aromatic N) is 1. The van der Waals surface area contributed by atoms with Crippen molar-refractivity contribution in [1.29, 1.82) is 0 Å². The highest BCUT2D eigenvalue weighted by Gasteiger charge is 2.39. The van der Waals surface area contributed by atoms with Crippen LogP contribution in [0.15, 0.2) is 48.5 Å². The minimum absolute atomic E-state index is 0.110. The van der Waals surface area contributed by atoms with Crippen molar-refractivity contribution >= 4 is 35.1 Å². The Morgan fingerprint density at radius 2 is 1.82 bits per heavy atom. The predicted molar refractivity (Wildman–Crippen MR) is 106 cm³/mol. The number of ether oxygens (including phenoxy) is 1. The third kappa shape index (κ3) is 4.58. The number of esters is 1. The van der Waals surface area contributed by atoms with E-state index in [4.69, 9.17) is 16.3 Å². The molecule has 1 saturated heterocycles. The number of carbonyl (C=O) groups excluding carboxylic acids is 3. The number of halogens is 1. The van der Waals surface area contributed by atoms with E-state index in [1.54, 1.807) is 31.2 Å². The number of hydrogen-bond acceptors (Lipinski definition) is 5. The van der Waals surface area contributed by atoms with Crippen LogP contribution in [0.3, 0.4) is 0 Å². The summed E-state index contributed by atoms with van der Waals surface area (Å²) in [4.78, 5) is 37.9. The Morgan fingerprint density at radius 1 is 1.14 bits per heavy atom.